The molecule has 3 aromatic rings. The normalized spacial score (nSPS) is 11.1. The molecule has 0 fully saturated rings. The second kappa shape index (κ2) is 8.35. The van der Waals surface area contributed by atoms with Crippen LogP contribution in [0.3, 0.4) is 0 Å². The molecule has 0 unspecified atom stereocenters. The van der Waals surface area contributed by atoms with E-state index in [1.54, 1.807) is 44.4 Å². The molecule has 3 aromatic carbocycles. The maximum atomic E-state index is 12.7. The summed E-state index contributed by atoms with van der Waals surface area (Å²) in [5, 5.41) is 3.35. The van der Waals surface area contributed by atoms with Crippen molar-refractivity contribution in [1.29, 1.82) is 0 Å². The van der Waals surface area contributed by atoms with Gasteiger partial charge in [-0.25, -0.2) is 8.42 Å². The minimum Gasteiger partial charge on any atom is -0.497 e. The molecule has 2 N–H and O–H groups in total. The van der Waals surface area contributed by atoms with Gasteiger partial charge in [-0.2, -0.15) is 0 Å². The van der Waals surface area contributed by atoms with Crippen LogP contribution in [0, 0.1) is 13.8 Å². The molecule has 0 spiro atoms. The van der Waals surface area contributed by atoms with Gasteiger partial charge in [0.15, 0.2) is 0 Å². The Bertz CT molecular complexity index is 1060. The Labute approximate surface area is 166 Å². The molecule has 0 saturated heterocycles. The van der Waals surface area contributed by atoms with E-state index in [2.05, 4.69) is 29.1 Å². The molecule has 0 aromatic heterocycles. The zero-order valence-corrected chi connectivity index (χ0v) is 17.0. The predicted octanol–water partition coefficient (Wildman–Crippen LogP) is 4.72. The Kier molecular flexibility index (Phi) is 5.90. The third kappa shape index (κ3) is 4.64. The van der Waals surface area contributed by atoms with Gasteiger partial charge >= 0.3 is 0 Å². The highest BCUT2D eigenvalue weighted by molar-refractivity contribution is 7.92. The van der Waals surface area contributed by atoms with E-state index in [9.17, 15) is 8.42 Å². The average Bonchev–Trinajstić information content (AvgIpc) is 2.68. The van der Waals surface area contributed by atoms with Gasteiger partial charge in [0.1, 0.15) is 5.75 Å². The third-order valence-corrected chi connectivity index (χ3v) is 6.09. The zero-order valence-electron chi connectivity index (χ0n) is 16.2. The van der Waals surface area contributed by atoms with Gasteiger partial charge < -0.3 is 10.1 Å². The van der Waals surface area contributed by atoms with Crippen molar-refractivity contribution >= 4 is 21.4 Å². The van der Waals surface area contributed by atoms with Crippen molar-refractivity contribution in [1.82, 2.24) is 0 Å². The number of ether oxygens (including phenoxy) is 1. The first kappa shape index (κ1) is 19.8. The van der Waals surface area contributed by atoms with Crippen molar-refractivity contribution < 1.29 is 13.2 Å². The van der Waals surface area contributed by atoms with E-state index < -0.39 is 10.0 Å². The Balaban J connectivity index is 1.69. The molecule has 0 bridgehead atoms. The van der Waals surface area contributed by atoms with E-state index in [0.717, 1.165) is 5.69 Å². The first-order chi connectivity index (χ1) is 13.4. The minimum absolute atomic E-state index is 0.232. The smallest absolute Gasteiger partial charge is 0.262 e. The van der Waals surface area contributed by atoms with Gasteiger partial charge in [-0.15, -0.1) is 0 Å². The molecule has 28 heavy (non-hydrogen) atoms. The van der Waals surface area contributed by atoms with Gasteiger partial charge in [0.25, 0.3) is 10.0 Å². The summed E-state index contributed by atoms with van der Waals surface area (Å²) in [5.74, 6) is 0.625. The van der Waals surface area contributed by atoms with Crippen molar-refractivity contribution in [2.24, 2.45) is 0 Å². The molecule has 5 nitrogen and oxygen atoms in total. The molecular formula is C22H24N2O3S. The second-order valence-corrected chi connectivity index (χ2v) is 8.25. The highest BCUT2D eigenvalue weighted by atomic mass is 32.2. The van der Waals surface area contributed by atoms with Gasteiger partial charge in [-0.3, -0.25) is 4.72 Å². The van der Waals surface area contributed by atoms with Crippen LogP contribution in [-0.4, -0.2) is 15.5 Å². The number of hydrogen-bond donors (Lipinski definition) is 2. The molecule has 0 amide bonds. The first-order valence-corrected chi connectivity index (χ1v) is 10.4. The molecule has 6 heteroatoms. The average molecular weight is 397 g/mol. The van der Waals surface area contributed by atoms with Crippen LogP contribution in [0.25, 0.3) is 0 Å². The molecule has 0 atom stereocenters. The maximum Gasteiger partial charge on any atom is 0.262 e. The summed E-state index contributed by atoms with van der Waals surface area (Å²) in [7, 11) is -2.12. The lowest BCUT2D eigenvalue weighted by molar-refractivity contribution is 0.414. The lowest BCUT2D eigenvalue weighted by Crippen LogP contribution is -2.14. The van der Waals surface area contributed by atoms with E-state index in [0.29, 0.717) is 23.5 Å². The zero-order chi connectivity index (χ0) is 20.1. The van der Waals surface area contributed by atoms with Crippen molar-refractivity contribution in [2.45, 2.75) is 25.3 Å². The van der Waals surface area contributed by atoms with Crippen molar-refractivity contribution in [2.75, 3.05) is 17.1 Å². The molecule has 0 heterocycles. The summed E-state index contributed by atoms with van der Waals surface area (Å²) < 4.78 is 33.1. The fourth-order valence-corrected chi connectivity index (χ4v) is 4.21. The van der Waals surface area contributed by atoms with Gasteiger partial charge in [0.05, 0.1) is 12.0 Å². The van der Waals surface area contributed by atoms with Crippen LogP contribution in [0.1, 0.15) is 16.7 Å². The van der Waals surface area contributed by atoms with Crippen LogP contribution < -0.4 is 14.8 Å². The molecule has 0 aliphatic rings. The van der Waals surface area contributed by atoms with E-state index in [-0.39, 0.29) is 4.90 Å². The van der Waals surface area contributed by atoms with Crippen molar-refractivity contribution in [3.05, 3.63) is 83.4 Å². The second-order valence-electron chi connectivity index (χ2n) is 6.59. The summed E-state index contributed by atoms with van der Waals surface area (Å²) in [6.45, 7) is 4.54. The molecule has 0 aliphatic heterocycles. The maximum absolute atomic E-state index is 12.7. The van der Waals surface area contributed by atoms with E-state index in [1.807, 2.05) is 24.3 Å². The number of hydrogen-bond acceptors (Lipinski definition) is 4. The molecule has 3 rings (SSSR count). The van der Waals surface area contributed by atoms with Crippen molar-refractivity contribution in [3.63, 3.8) is 0 Å². The topological polar surface area (TPSA) is 67.4 Å². The standard InChI is InChI=1S/C22H24N2O3S/c1-16-6-4-5-7-18(16)15-23-19-8-10-20(11-9-19)24-28(25,26)22-13-12-21(27-3)14-17(22)2/h4-14,23-24H,15H2,1-3H3. The number of anilines is 2. The molecule has 146 valence electrons. The van der Waals surface area contributed by atoms with Crippen LogP contribution in [0.5, 0.6) is 5.75 Å². The highest BCUT2D eigenvalue weighted by Gasteiger charge is 2.17. The van der Waals surface area contributed by atoms with Gasteiger partial charge in [0, 0.05) is 17.9 Å². The summed E-state index contributed by atoms with van der Waals surface area (Å²) >= 11 is 0. The Hall–Kier alpha value is -2.99. The summed E-state index contributed by atoms with van der Waals surface area (Å²) in [6.07, 6.45) is 0. The number of nitrogens with one attached hydrogen (secondary N) is 2. The first-order valence-electron chi connectivity index (χ1n) is 8.95. The Morgan fingerprint density at radius 1 is 0.857 bits per heavy atom. The lowest BCUT2D eigenvalue weighted by Gasteiger charge is -2.13. The molecule has 0 radical (unpaired) electrons. The number of methoxy groups -OCH3 is 1. The fraction of sp³-hybridized carbons (Fsp3) is 0.182. The monoisotopic (exact) mass is 396 g/mol. The Morgan fingerprint density at radius 3 is 2.18 bits per heavy atom. The van der Waals surface area contributed by atoms with Gasteiger partial charge in [-0.05, 0) is 73.0 Å². The third-order valence-electron chi connectivity index (χ3n) is 4.55. The van der Waals surface area contributed by atoms with Gasteiger partial charge in [-0.1, -0.05) is 24.3 Å². The van der Waals surface area contributed by atoms with E-state index in [1.165, 1.54) is 11.1 Å². The van der Waals surface area contributed by atoms with Gasteiger partial charge in [0.2, 0.25) is 0 Å². The van der Waals surface area contributed by atoms with Crippen molar-refractivity contribution in [3.8, 4) is 5.75 Å². The summed E-state index contributed by atoms with van der Waals surface area (Å²) in [6, 6.07) is 20.3. The molecular weight excluding hydrogens is 372 g/mol. The van der Waals surface area contributed by atoms with Crippen LogP contribution in [-0.2, 0) is 16.6 Å². The van der Waals surface area contributed by atoms with Crippen LogP contribution in [0.2, 0.25) is 0 Å². The summed E-state index contributed by atoms with van der Waals surface area (Å²) in [4.78, 5) is 0.232. The molecule has 0 saturated carbocycles. The fourth-order valence-electron chi connectivity index (χ4n) is 2.92. The number of benzene rings is 3. The number of aryl methyl sites for hydroxylation is 2. The summed E-state index contributed by atoms with van der Waals surface area (Å²) in [5.41, 5.74) is 4.52. The van der Waals surface area contributed by atoms with Crippen LogP contribution >= 0.6 is 0 Å². The number of sulfonamides is 1. The lowest BCUT2D eigenvalue weighted by atomic mass is 10.1. The SMILES string of the molecule is COc1ccc(S(=O)(=O)Nc2ccc(NCc3ccccc3C)cc2)c(C)c1. The Morgan fingerprint density at radius 2 is 1.54 bits per heavy atom. The molecule has 0 aliphatic carbocycles. The number of rotatable bonds is 7. The largest absolute Gasteiger partial charge is 0.497 e. The predicted molar refractivity (Wildman–Crippen MR) is 113 cm³/mol. The highest BCUT2D eigenvalue weighted by Crippen LogP contribution is 2.24. The minimum atomic E-state index is -3.67. The van der Waals surface area contributed by atoms with E-state index in [4.69, 9.17) is 4.74 Å². The quantitative estimate of drug-likeness (QED) is 0.606. The van der Waals surface area contributed by atoms with Crippen LogP contribution in [0.4, 0.5) is 11.4 Å². The van der Waals surface area contributed by atoms with Crippen LogP contribution in [0.15, 0.2) is 71.6 Å². The van der Waals surface area contributed by atoms with E-state index >= 15 is 0 Å².